The monoisotopic (exact) mass is 588 g/mol. The molecule has 15 nitrogen and oxygen atoms in total. The summed E-state index contributed by atoms with van der Waals surface area (Å²) in [7, 11) is 0. The van der Waals surface area contributed by atoms with E-state index in [0.717, 1.165) is 0 Å². The highest BCUT2D eigenvalue weighted by molar-refractivity contribution is 5.66. The Balaban J connectivity index is 3.05. The number of carboxylic acid groups (broad SMARTS) is 1. The van der Waals surface area contributed by atoms with Crippen molar-refractivity contribution >= 4 is 5.97 Å². The van der Waals surface area contributed by atoms with Crippen LogP contribution >= 0.6 is 0 Å². The van der Waals surface area contributed by atoms with Crippen LogP contribution < -0.4 is 11.0 Å². The second-order valence-corrected chi connectivity index (χ2v) is 8.93. The summed E-state index contributed by atoms with van der Waals surface area (Å²) in [6.45, 7) is 14.2. The molecule has 0 spiro atoms. The lowest BCUT2D eigenvalue weighted by Crippen LogP contribution is -2.24. The van der Waals surface area contributed by atoms with Crippen molar-refractivity contribution < 1.29 is 62.5 Å². The predicted molar refractivity (Wildman–Crippen MR) is 143 cm³/mol. The Labute approximate surface area is 238 Å². The zero-order chi connectivity index (χ0) is 29.4. The largest absolute Gasteiger partial charge is 0.481 e. The summed E-state index contributed by atoms with van der Waals surface area (Å²) in [6.07, 6.45) is -0.00456. The molecule has 0 aliphatic heterocycles. The maximum Gasteiger partial charge on any atom is 0.305 e. The molecule has 0 rings (SSSR count). The highest BCUT2D eigenvalue weighted by atomic mass is 17.2. The normalized spacial score (nSPS) is 11.9. The van der Waals surface area contributed by atoms with Crippen molar-refractivity contribution in [2.45, 2.75) is 32.8 Å². The predicted octanol–water partition coefficient (Wildman–Crippen LogP) is 0.366. The van der Waals surface area contributed by atoms with E-state index in [2.05, 4.69) is 11.0 Å². The van der Waals surface area contributed by atoms with E-state index < -0.39 is 5.97 Å². The maximum absolute atomic E-state index is 10.3. The van der Waals surface area contributed by atoms with Gasteiger partial charge in [0.15, 0.2) is 0 Å². The van der Waals surface area contributed by atoms with Crippen molar-refractivity contribution in [3.05, 3.63) is 0 Å². The van der Waals surface area contributed by atoms with Gasteiger partial charge >= 0.3 is 5.97 Å². The molecule has 0 bridgehead atoms. The van der Waals surface area contributed by atoms with Gasteiger partial charge < -0.3 is 38.3 Å². The van der Waals surface area contributed by atoms with E-state index in [4.69, 9.17) is 57.7 Å². The fourth-order valence-electron chi connectivity index (χ4n) is 2.37. The van der Waals surface area contributed by atoms with Crippen LogP contribution in [0.2, 0.25) is 0 Å². The SMILES string of the molecule is CC(C)(C)OOCCOCCOCCNOCCOCCOCCNOCCOCCOCCOCCC(=O)O. The van der Waals surface area contributed by atoms with Gasteiger partial charge in [-0.2, -0.15) is 0 Å². The molecular weight excluding hydrogens is 536 g/mol. The van der Waals surface area contributed by atoms with E-state index >= 15 is 0 Å². The second kappa shape index (κ2) is 30.9. The van der Waals surface area contributed by atoms with Crippen LogP contribution in [-0.2, 0) is 57.4 Å². The highest BCUT2D eigenvalue weighted by Gasteiger charge is 2.10. The van der Waals surface area contributed by atoms with Crippen LogP contribution in [0.15, 0.2) is 0 Å². The van der Waals surface area contributed by atoms with Crippen molar-refractivity contribution in [3.8, 4) is 0 Å². The molecule has 15 heteroatoms. The minimum atomic E-state index is -0.876. The Morgan fingerprint density at radius 2 is 0.875 bits per heavy atom. The first-order chi connectivity index (χ1) is 19.4. The fraction of sp³-hybridized carbons (Fsp3) is 0.960. The molecule has 0 aliphatic carbocycles. The van der Waals surface area contributed by atoms with E-state index in [0.29, 0.717) is 119 Å². The number of hydrogen-bond acceptors (Lipinski definition) is 14. The van der Waals surface area contributed by atoms with Crippen LogP contribution in [0.4, 0.5) is 0 Å². The number of hydroxylamine groups is 2. The van der Waals surface area contributed by atoms with E-state index in [-0.39, 0.29) is 18.6 Å². The van der Waals surface area contributed by atoms with Gasteiger partial charge in [0.25, 0.3) is 0 Å². The Morgan fingerprint density at radius 3 is 1.27 bits per heavy atom. The molecule has 240 valence electrons. The van der Waals surface area contributed by atoms with Gasteiger partial charge in [-0.1, -0.05) is 0 Å². The molecule has 40 heavy (non-hydrogen) atoms. The average Bonchev–Trinajstić information content (AvgIpc) is 2.90. The standard InChI is InChI=1S/C25H52N2O13/c1-25(2,3)40-39-23-20-36-15-12-32-9-6-27-37-21-18-34-14-11-31-8-5-26-38-22-19-35-17-16-33-13-10-30-7-4-24(28)29/h26-27H,4-23H2,1-3H3,(H,28,29). The number of nitrogens with one attached hydrogen (secondary N) is 2. The lowest BCUT2D eigenvalue weighted by atomic mass is 10.2. The van der Waals surface area contributed by atoms with Gasteiger partial charge in [0, 0.05) is 13.1 Å². The van der Waals surface area contributed by atoms with Gasteiger partial charge in [0.1, 0.15) is 6.61 Å². The summed E-state index contributed by atoms with van der Waals surface area (Å²) < 4.78 is 37.4. The third-order valence-electron chi connectivity index (χ3n) is 4.13. The van der Waals surface area contributed by atoms with E-state index in [9.17, 15) is 4.79 Å². The molecule has 0 aromatic carbocycles. The van der Waals surface area contributed by atoms with Crippen molar-refractivity contribution in [2.24, 2.45) is 0 Å². The number of aliphatic carboxylic acids is 1. The third-order valence-corrected chi connectivity index (χ3v) is 4.13. The molecule has 0 heterocycles. The van der Waals surface area contributed by atoms with Gasteiger partial charge in [-0.25, -0.2) is 20.7 Å². The van der Waals surface area contributed by atoms with Crippen LogP contribution in [0.5, 0.6) is 0 Å². The topological polar surface area (TPSA) is 163 Å². The van der Waals surface area contributed by atoms with E-state index in [1.54, 1.807) is 0 Å². The molecule has 0 unspecified atom stereocenters. The lowest BCUT2D eigenvalue weighted by Gasteiger charge is -2.17. The Kier molecular flexibility index (Phi) is 30.1. The molecule has 0 aliphatic rings. The highest BCUT2D eigenvalue weighted by Crippen LogP contribution is 2.06. The molecule has 0 fully saturated rings. The number of hydrogen-bond donors (Lipinski definition) is 3. The van der Waals surface area contributed by atoms with Gasteiger partial charge in [-0.3, -0.25) is 14.5 Å². The van der Waals surface area contributed by atoms with Gasteiger partial charge in [-0.15, -0.1) is 0 Å². The van der Waals surface area contributed by atoms with Crippen molar-refractivity contribution in [3.63, 3.8) is 0 Å². The fourth-order valence-corrected chi connectivity index (χ4v) is 2.37. The summed E-state index contributed by atoms with van der Waals surface area (Å²) >= 11 is 0. The quantitative estimate of drug-likeness (QED) is 0.0547. The third kappa shape index (κ3) is 37.0. The minimum Gasteiger partial charge on any atom is -0.481 e. The van der Waals surface area contributed by atoms with E-state index in [1.165, 1.54) is 0 Å². The minimum absolute atomic E-state index is 0.00456. The Bertz CT molecular complexity index is 527. The van der Waals surface area contributed by atoms with Gasteiger partial charge in [0.2, 0.25) is 0 Å². The maximum atomic E-state index is 10.3. The smallest absolute Gasteiger partial charge is 0.305 e. The van der Waals surface area contributed by atoms with Crippen LogP contribution in [0.3, 0.4) is 0 Å². The second-order valence-electron chi connectivity index (χ2n) is 8.93. The van der Waals surface area contributed by atoms with E-state index in [1.807, 2.05) is 20.8 Å². The first-order valence-electron chi connectivity index (χ1n) is 13.7. The molecular formula is C25H52N2O13. The Hall–Kier alpha value is -1.05. The number of carboxylic acids is 1. The lowest BCUT2D eigenvalue weighted by molar-refractivity contribution is -0.351. The van der Waals surface area contributed by atoms with Crippen molar-refractivity contribution in [1.29, 1.82) is 0 Å². The van der Waals surface area contributed by atoms with Crippen LogP contribution in [-0.4, -0.2) is 142 Å². The molecule has 0 saturated heterocycles. The summed E-state index contributed by atoms with van der Waals surface area (Å²) in [4.78, 5) is 31.0. The number of carbonyl (C=O) groups is 1. The first-order valence-corrected chi connectivity index (χ1v) is 13.7. The molecule has 0 radical (unpaired) electrons. The zero-order valence-electron chi connectivity index (χ0n) is 24.5. The summed E-state index contributed by atoms with van der Waals surface area (Å²) in [5, 5.41) is 8.47. The molecule has 0 amide bonds. The molecule has 0 aromatic rings. The molecule has 0 aromatic heterocycles. The molecule has 0 saturated carbocycles. The zero-order valence-corrected chi connectivity index (χ0v) is 24.5. The van der Waals surface area contributed by atoms with Crippen molar-refractivity contribution in [2.75, 3.05) is 125 Å². The van der Waals surface area contributed by atoms with Crippen molar-refractivity contribution in [1.82, 2.24) is 11.0 Å². The summed E-state index contributed by atoms with van der Waals surface area (Å²) in [5.74, 6) is -0.876. The average molecular weight is 589 g/mol. The van der Waals surface area contributed by atoms with Gasteiger partial charge in [0.05, 0.1) is 118 Å². The number of ether oxygens (including phenoxy) is 7. The molecule has 3 N–H and O–H groups in total. The Morgan fingerprint density at radius 1 is 0.525 bits per heavy atom. The van der Waals surface area contributed by atoms with Gasteiger partial charge in [-0.05, 0) is 20.8 Å². The number of rotatable bonds is 33. The first kappa shape index (κ1) is 39.0. The van der Waals surface area contributed by atoms with Crippen LogP contribution in [0.25, 0.3) is 0 Å². The van der Waals surface area contributed by atoms with Crippen LogP contribution in [0, 0.1) is 0 Å². The summed E-state index contributed by atoms with van der Waals surface area (Å²) in [5.41, 5.74) is 5.28. The summed E-state index contributed by atoms with van der Waals surface area (Å²) in [6, 6.07) is 0. The molecule has 0 atom stereocenters. The van der Waals surface area contributed by atoms with Crippen LogP contribution in [0.1, 0.15) is 27.2 Å².